The Balaban J connectivity index is 1.60. The Morgan fingerprint density at radius 3 is 2.68 bits per heavy atom. The summed E-state index contributed by atoms with van der Waals surface area (Å²) in [6.07, 6.45) is 2.45. The monoisotopic (exact) mass is 390 g/mol. The molecule has 2 aromatic carbocycles. The van der Waals surface area contributed by atoms with Crippen LogP contribution < -0.4 is 10.3 Å². The van der Waals surface area contributed by atoms with Crippen molar-refractivity contribution in [1.82, 2.24) is 9.38 Å². The molecule has 0 spiro atoms. The summed E-state index contributed by atoms with van der Waals surface area (Å²) >= 11 is 6.19. The number of fused-ring (bicyclic) bond motifs is 1. The third-order valence-electron chi connectivity index (χ3n) is 4.51. The van der Waals surface area contributed by atoms with Crippen LogP contribution in [0.3, 0.4) is 0 Å². The molecule has 0 saturated heterocycles. The molecule has 0 amide bonds. The molecule has 0 aliphatic carbocycles. The molecule has 0 atom stereocenters. The number of aryl methyl sites for hydroxylation is 1. The molecule has 5 heteroatoms. The molecule has 4 rings (SSSR count). The van der Waals surface area contributed by atoms with Crippen molar-refractivity contribution >= 4 is 17.2 Å². The number of hydrogen-bond acceptors (Lipinski definition) is 3. The second kappa shape index (κ2) is 7.87. The van der Waals surface area contributed by atoms with E-state index >= 15 is 0 Å². The van der Waals surface area contributed by atoms with Gasteiger partial charge in [-0.25, -0.2) is 4.98 Å². The molecule has 0 N–H and O–H groups in total. The minimum atomic E-state index is -0.121. The summed E-state index contributed by atoms with van der Waals surface area (Å²) < 4.78 is 7.54. The van der Waals surface area contributed by atoms with Gasteiger partial charge in [-0.3, -0.25) is 9.20 Å². The first-order chi connectivity index (χ1) is 13.6. The summed E-state index contributed by atoms with van der Waals surface area (Å²) in [5.41, 5.74) is 4.30. The molecule has 0 bridgehead atoms. The predicted octanol–water partition coefficient (Wildman–Crippen LogP) is 4.83. The fraction of sp³-hybridized carbons (Fsp3) is 0.130. The SMILES string of the molecule is Cc1ccn2c(=O)cc(COc3ccc(Cl)cc3Cc3ccccc3)nc2c1. The lowest BCUT2D eigenvalue weighted by Crippen LogP contribution is -2.16. The lowest BCUT2D eigenvalue weighted by atomic mass is 10.0. The molecule has 0 unspecified atom stereocenters. The van der Waals surface area contributed by atoms with E-state index in [2.05, 4.69) is 17.1 Å². The van der Waals surface area contributed by atoms with Gasteiger partial charge in [0.25, 0.3) is 5.56 Å². The molecular formula is C23H19ClN2O2. The van der Waals surface area contributed by atoms with Gasteiger partial charge in [-0.2, -0.15) is 0 Å². The predicted molar refractivity (Wildman–Crippen MR) is 111 cm³/mol. The summed E-state index contributed by atoms with van der Waals surface area (Å²) in [6.45, 7) is 2.18. The number of pyridine rings is 1. The Labute approximate surface area is 168 Å². The van der Waals surface area contributed by atoms with Crippen LogP contribution in [0.5, 0.6) is 5.75 Å². The summed E-state index contributed by atoms with van der Waals surface area (Å²) in [6, 6.07) is 21.0. The lowest BCUT2D eigenvalue weighted by Gasteiger charge is -2.12. The number of benzene rings is 2. The van der Waals surface area contributed by atoms with Crippen LogP contribution in [0, 0.1) is 6.92 Å². The molecule has 140 valence electrons. The Morgan fingerprint density at radius 2 is 1.86 bits per heavy atom. The van der Waals surface area contributed by atoms with Crippen LogP contribution in [-0.4, -0.2) is 9.38 Å². The third-order valence-corrected chi connectivity index (χ3v) is 4.75. The molecule has 4 aromatic rings. The lowest BCUT2D eigenvalue weighted by molar-refractivity contribution is 0.298. The molecule has 2 aromatic heterocycles. The van der Waals surface area contributed by atoms with Crippen LogP contribution in [0.1, 0.15) is 22.4 Å². The minimum absolute atomic E-state index is 0.121. The van der Waals surface area contributed by atoms with Crippen molar-refractivity contribution < 1.29 is 4.74 Å². The summed E-state index contributed by atoms with van der Waals surface area (Å²) in [5.74, 6) is 0.736. The van der Waals surface area contributed by atoms with Gasteiger partial charge in [0.1, 0.15) is 18.0 Å². The van der Waals surface area contributed by atoms with Gasteiger partial charge < -0.3 is 4.74 Å². The van der Waals surface area contributed by atoms with Crippen LogP contribution in [-0.2, 0) is 13.0 Å². The van der Waals surface area contributed by atoms with Gasteiger partial charge in [0.15, 0.2) is 0 Å². The van der Waals surface area contributed by atoms with Gasteiger partial charge >= 0.3 is 0 Å². The van der Waals surface area contributed by atoms with Crippen molar-refractivity contribution in [2.75, 3.05) is 0 Å². The van der Waals surface area contributed by atoms with Crippen molar-refractivity contribution in [3.63, 3.8) is 0 Å². The topological polar surface area (TPSA) is 43.6 Å². The second-order valence-corrected chi connectivity index (χ2v) is 7.16. The first-order valence-electron chi connectivity index (χ1n) is 9.02. The molecule has 4 nitrogen and oxygen atoms in total. The highest BCUT2D eigenvalue weighted by Crippen LogP contribution is 2.26. The van der Waals surface area contributed by atoms with Crippen molar-refractivity contribution in [1.29, 1.82) is 0 Å². The summed E-state index contributed by atoms with van der Waals surface area (Å²) in [5, 5.41) is 0.663. The van der Waals surface area contributed by atoms with Crippen LogP contribution in [0.25, 0.3) is 5.65 Å². The smallest absolute Gasteiger partial charge is 0.258 e. The highest BCUT2D eigenvalue weighted by molar-refractivity contribution is 6.30. The third kappa shape index (κ3) is 4.07. The highest BCUT2D eigenvalue weighted by Gasteiger charge is 2.09. The molecular weight excluding hydrogens is 372 g/mol. The Morgan fingerprint density at radius 1 is 1.04 bits per heavy atom. The number of nitrogens with zero attached hydrogens (tertiary/aromatic N) is 2. The maximum atomic E-state index is 12.3. The van der Waals surface area contributed by atoms with E-state index in [1.54, 1.807) is 12.3 Å². The van der Waals surface area contributed by atoms with Crippen LogP contribution >= 0.6 is 11.6 Å². The normalized spacial score (nSPS) is 10.9. The van der Waals surface area contributed by atoms with E-state index < -0.39 is 0 Å². The van der Waals surface area contributed by atoms with Crippen molar-refractivity contribution in [3.05, 3.63) is 111 Å². The maximum Gasteiger partial charge on any atom is 0.258 e. The Kier molecular flexibility index (Phi) is 5.13. The van der Waals surface area contributed by atoms with Crippen molar-refractivity contribution in [2.45, 2.75) is 20.0 Å². The number of ether oxygens (including phenoxy) is 1. The average molecular weight is 391 g/mol. The average Bonchev–Trinajstić information content (AvgIpc) is 2.68. The van der Waals surface area contributed by atoms with Gasteiger partial charge in [0.2, 0.25) is 0 Å². The number of hydrogen-bond donors (Lipinski definition) is 0. The number of halogens is 1. The molecule has 0 saturated carbocycles. The maximum absolute atomic E-state index is 12.3. The van der Waals surface area contributed by atoms with Gasteiger partial charge in [0, 0.05) is 23.7 Å². The van der Waals surface area contributed by atoms with Crippen LogP contribution in [0.4, 0.5) is 0 Å². The molecule has 0 aliphatic heterocycles. The standard InChI is InChI=1S/C23H19ClN2O2/c1-16-9-10-26-22(11-16)25-20(14-23(26)27)15-28-21-8-7-19(24)13-18(21)12-17-5-3-2-4-6-17/h2-11,13-14H,12,15H2,1H3. The van der Waals surface area contributed by atoms with Gasteiger partial charge in [-0.15, -0.1) is 0 Å². The van der Waals surface area contributed by atoms with Crippen LogP contribution in [0.15, 0.2) is 77.7 Å². The second-order valence-electron chi connectivity index (χ2n) is 6.72. The summed E-state index contributed by atoms with van der Waals surface area (Å²) in [4.78, 5) is 16.9. The molecule has 0 aliphatic rings. The fourth-order valence-corrected chi connectivity index (χ4v) is 3.32. The highest BCUT2D eigenvalue weighted by atomic mass is 35.5. The largest absolute Gasteiger partial charge is 0.487 e. The van der Waals surface area contributed by atoms with Gasteiger partial charge in [0.05, 0.1) is 5.69 Å². The van der Waals surface area contributed by atoms with E-state index in [-0.39, 0.29) is 12.2 Å². The molecule has 0 radical (unpaired) electrons. The minimum Gasteiger partial charge on any atom is -0.487 e. The summed E-state index contributed by atoms with van der Waals surface area (Å²) in [7, 11) is 0. The zero-order chi connectivity index (χ0) is 19.5. The van der Waals surface area contributed by atoms with Crippen molar-refractivity contribution in [2.24, 2.45) is 0 Å². The number of rotatable bonds is 5. The van der Waals surface area contributed by atoms with Gasteiger partial charge in [-0.05, 0) is 53.9 Å². The van der Waals surface area contributed by atoms with E-state index in [1.165, 1.54) is 16.0 Å². The Bertz CT molecular complexity index is 1190. The van der Waals surface area contributed by atoms with Gasteiger partial charge in [-0.1, -0.05) is 41.9 Å². The van der Waals surface area contributed by atoms with E-state index in [0.29, 0.717) is 22.8 Å². The first kappa shape index (κ1) is 18.3. The fourth-order valence-electron chi connectivity index (χ4n) is 3.12. The Hall–Kier alpha value is -3.11. The zero-order valence-corrected chi connectivity index (χ0v) is 16.2. The number of aromatic nitrogens is 2. The zero-order valence-electron chi connectivity index (χ0n) is 15.4. The van der Waals surface area contributed by atoms with E-state index in [9.17, 15) is 4.79 Å². The van der Waals surface area contributed by atoms with E-state index in [1.807, 2.05) is 49.4 Å². The quantitative estimate of drug-likeness (QED) is 0.490. The molecule has 0 fully saturated rings. The van der Waals surface area contributed by atoms with Crippen molar-refractivity contribution in [3.8, 4) is 5.75 Å². The van der Waals surface area contributed by atoms with E-state index in [0.717, 1.165) is 16.9 Å². The molecule has 2 heterocycles. The van der Waals surface area contributed by atoms with E-state index in [4.69, 9.17) is 16.3 Å². The first-order valence-corrected chi connectivity index (χ1v) is 9.40. The molecule has 28 heavy (non-hydrogen) atoms. The van der Waals surface area contributed by atoms with Crippen LogP contribution in [0.2, 0.25) is 5.02 Å².